The van der Waals surface area contributed by atoms with Crippen LogP contribution in [-0.4, -0.2) is 36.5 Å². The molecular formula is C12H21ClN2O. The Balaban J connectivity index is 0.000000963. The number of piperazine rings is 1. The maximum atomic E-state index is 12.2. The average Bonchev–Trinajstić information content (AvgIpc) is 3.08. The fourth-order valence-electron chi connectivity index (χ4n) is 2.93. The highest BCUT2D eigenvalue weighted by Gasteiger charge is 2.52. The van der Waals surface area contributed by atoms with Gasteiger partial charge in [-0.15, -0.1) is 12.4 Å². The van der Waals surface area contributed by atoms with Gasteiger partial charge >= 0.3 is 0 Å². The van der Waals surface area contributed by atoms with Gasteiger partial charge in [-0.25, -0.2) is 0 Å². The monoisotopic (exact) mass is 244 g/mol. The molecule has 3 nitrogen and oxygen atoms in total. The second-order valence-electron chi connectivity index (χ2n) is 5.43. The predicted molar refractivity (Wildman–Crippen MR) is 65.6 cm³/mol. The molecule has 3 unspecified atom stereocenters. The summed E-state index contributed by atoms with van der Waals surface area (Å²) in [7, 11) is 0. The van der Waals surface area contributed by atoms with E-state index in [0.717, 1.165) is 31.5 Å². The molecular weight excluding hydrogens is 224 g/mol. The van der Waals surface area contributed by atoms with E-state index in [1.54, 1.807) is 0 Å². The Morgan fingerprint density at radius 1 is 1.38 bits per heavy atom. The molecule has 3 fully saturated rings. The van der Waals surface area contributed by atoms with Crippen molar-refractivity contribution >= 4 is 18.3 Å². The number of hydrogen-bond acceptors (Lipinski definition) is 2. The number of rotatable bonds is 2. The second-order valence-corrected chi connectivity index (χ2v) is 5.43. The van der Waals surface area contributed by atoms with Crippen LogP contribution < -0.4 is 5.32 Å². The summed E-state index contributed by atoms with van der Waals surface area (Å²) in [5.41, 5.74) is 0. The standard InChI is InChI=1S/C12H20N2O.ClH/c1-8-7-13-4-5-14(8)12(15)11-6-10(11)9-2-3-9;/h8-11,13H,2-7H2,1H3;1H. The zero-order chi connectivity index (χ0) is 10.4. The molecule has 4 heteroatoms. The average molecular weight is 245 g/mol. The van der Waals surface area contributed by atoms with Gasteiger partial charge in [-0.1, -0.05) is 0 Å². The van der Waals surface area contributed by atoms with Gasteiger partial charge in [-0.3, -0.25) is 4.79 Å². The van der Waals surface area contributed by atoms with Crippen molar-refractivity contribution in [2.45, 2.75) is 32.2 Å². The second kappa shape index (κ2) is 4.53. The number of nitrogens with zero attached hydrogens (tertiary/aromatic N) is 1. The summed E-state index contributed by atoms with van der Waals surface area (Å²) in [4.78, 5) is 14.3. The van der Waals surface area contributed by atoms with Crippen LogP contribution in [0.5, 0.6) is 0 Å². The lowest BCUT2D eigenvalue weighted by molar-refractivity contribution is -0.135. The molecule has 3 atom stereocenters. The molecule has 2 aliphatic carbocycles. The first-order valence-electron chi connectivity index (χ1n) is 6.28. The summed E-state index contributed by atoms with van der Waals surface area (Å²) in [6.45, 7) is 5.00. The number of carbonyl (C=O) groups is 1. The Bertz CT molecular complexity index is 280. The molecule has 0 aromatic rings. The number of hydrogen-bond donors (Lipinski definition) is 1. The minimum atomic E-state index is 0. The largest absolute Gasteiger partial charge is 0.337 e. The number of amides is 1. The van der Waals surface area contributed by atoms with Gasteiger partial charge in [0.05, 0.1) is 0 Å². The van der Waals surface area contributed by atoms with Crippen molar-refractivity contribution in [2.24, 2.45) is 17.8 Å². The Morgan fingerprint density at radius 2 is 2.12 bits per heavy atom. The van der Waals surface area contributed by atoms with Crippen molar-refractivity contribution in [1.29, 1.82) is 0 Å². The van der Waals surface area contributed by atoms with Gasteiger partial charge in [0.25, 0.3) is 0 Å². The van der Waals surface area contributed by atoms with Crippen LogP contribution in [0, 0.1) is 17.8 Å². The first kappa shape index (κ1) is 12.2. The molecule has 1 heterocycles. The van der Waals surface area contributed by atoms with Crippen molar-refractivity contribution in [3.8, 4) is 0 Å². The van der Waals surface area contributed by atoms with Gasteiger partial charge in [0.15, 0.2) is 0 Å². The summed E-state index contributed by atoms with van der Waals surface area (Å²) < 4.78 is 0. The van der Waals surface area contributed by atoms with Crippen LogP contribution in [0.25, 0.3) is 0 Å². The SMILES string of the molecule is CC1CNCCN1C(=O)C1CC1C1CC1.Cl. The molecule has 1 saturated heterocycles. The molecule has 3 aliphatic rings. The third-order valence-corrected chi connectivity index (χ3v) is 4.17. The van der Waals surface area contributed by atoms with Gasteiger partial charge in [0.2, 0.25) is 5.91 Å². The van der Waals surface area contributed by atoms with Crippen LogP contribution in [-0.2, 0) is 4.79 Å². The van der Waals surface area contributed by atoms with E-state index in [0.29, 0.717) is 17.9 Å². The molecule has 0 spiro atoms. The predicted octanol–water partition coefficient (Wildman–Crippen LogP) is 1.27. The van der Waals surface area contributed by atoms with Gasteiger partial charge in [-0.2, -0.15) is 0 Å². The van der Waals surface area contributed by atoms with Crippen LogP contribution in [0.3, 0.4) is 0 Å². The van der Waals surface area contributed by atoms with Gasteiger partial charge in [0.1, 0.15) is 0 Å². The highest BCUT2D eigenvalue weighted by Crippen LogP contribution is 2.55. The lowest BCUT2D eigenvalue weighted by Gasteiger charge is -2.34. The van der Waals surface area contributed by atoms with E-state index in [1.165, 1.54) is 19.3 Å². The summed E-state index contributed by atoms with van der Waals surface area (Å²) in [5.74, 6) is 2.52. The molecule has 0 aromatic carbocycles. The van der Waals surface area contributed by atoms with E-state index in [-0.39, 0.29) is 12.4 Å². The van der Waals surface area contributed by atoms with Crippen LogP contribution in [0.2, 0.25) is 0 Å². The number of nitrogens with one attached hydrogen (secondary N) is 1. The van der Waals surface area contributed by atoms with E-state index in [4.69, 9.17) is 0 Å². The smallest absolute Gasteiger partial charge is 0.226 e. The molecule has 16 heavy (non-hydrogen) atoms. The molecule has 1 aliphatic heterocycles. The lowest BCUT2D eigenvalue weighted by atomic mass is 10.1. The van der Waals surface area contributed by atoms with Crippen LogP contribution in [0.15, 0.2) is 0 Å². The Hall–Kier alpha value is -0.280. The van der Waals surface area contributed by atoms with Crippen molar-refractivity contribution in [3.63, 3.8) is 0 Å². The van der Waals surface area contributed by atoms with E-state index in [9.17, 15) is 4.79 Å². The Labute approximate surface area is 103 Å². The first-order valence-corrected chi connectivity index (χ1v) is 6.28. The van der Waals surface area contributed by atoms with Crippen molar-refractivity contribution in [2.75, 3.05) is 19.6 Å². The van der Waals surface area contributed by atoms with E-state index >= 15 is 0 Å². The molecule has 3 rings (SSSR count). The number of carbonyl (C=O) groups excluding carboxylic acids is 1. The summed E-state index contributed by atoms with van der Waals surface area (Å²) in [5, 5.41) is 3.33. The minimum absolute atomic E-state index is 0. The van der Waals surface area contributed by atoms with Crippen LogP contribution in [0.4, 0.5) is 0 Å². The maximum absolute atomic E-state index is 12.2. The molecule has 1 amide bonds. The van der Waals surface area contributed by atoms with Crippen molar-refractivity contribution in [1.82, 2.24) is 10.2 Å². The normalized spacial score (nSPS) is 37.8. The molecule has 2 saturated carbocycles. The molecule has 0 aromatic heterocycles. The van der Waals surface area contributed by atoms with Crippen LogP contribution in [0.1, 0.15) is 26.2 Å². The van der Waals surface area contributed by atoms with Crippen molar-refractivity contribution in [3.05, 3.63) is 0 Å². The molecule has 92 valence electrons. The van der Waals surface area contributed by atoms with Gasteiger partial charge < -0.3 is 10.2 Å². The highest BCUT2D eigenvalue weighted by molar-refractivity contribution is 5.85. The van der Waals surface area contributed by atoms with Crippen LogP contribution >= 0.6 is 12.4 Å². The fourth-order valence-corrected chi connectivity index (χ4v) is 2.93. The van der Waals surface area contributed by atoms with E-state index in [1.807, 2.05) is 0 Å². The maximum Gasteiger partial charge on any atom is 0.226 e. The Kier molecular flexibility index (Phi) is 3.45. The summed E-state index contributed by atoms with van der Waals surface area (Å²) >= 11 is 0. The van der Waals surface area contributed by atoms with E-state index < -0.39 is 0 Å². The Morgan fingerprint density at radius 3 is 2.75 bits per heavy atom. The van der Waals surface area contributed by atoms with E-state index in [2.05, 4.69) is 17.1 Å². The third-order valence-electron chi connectivity index (χ3n) is 4.17. The first-order chi connectivity index (χ1) is 7.27. The topological polar surface area (TPSA) is 32.3 Å². The lowest BCUT2D eigenvalue weighted by Crippen LogP contribution is -2.52. The minimum Gasteiger partial charge on any atom is -0.337 e. The zero-order valence-electron chi connectivity index (χ0n) is 9.82. The molecule has 0 bridgehead atoms. The third kappa shape index (κ3) is 2.21. The molecule has 1 N–H and O–H groups in total. The highest BCUT2D eigenvalue weighted by atomic mass is 35.5. The van der Waals surface area contributed by atoms with Crippen molar-refractivity contribution < 1.29 is 4.79 Å². The van der Waals surface area contributed by atoms with Gasteiger partial charge in [-0.05, 0) is 38.0 Å². The molecule has 0 radical (unpaired) electrons. The zero-order valence-corrected chi connectivity index (χ0v) is 10.6. The fraction of sp³-hybridized carbons (Fsp3) is 0.917. The summed E-state index contributed by atoms with van der Waals surface area (Å²) in [6, 6.07) is 0.395. The summed E-state index contributed by atoms with van der Waals surface area (Å²) in [6.07, 6.45) is 3.94. The van der Waals surface area contributed by atoms with Gasteiger partial charge in [0, 0.05) is 31.6 Å². The number of halogens is 1. The quantitative estimate of drug-likeness (QED) is 0.794.